The molecule has 1 N–H and O–H groups in total. The standard InChI is InChI=1S/C15H18FNO/c1-3-18-10-15(17-2)13-8-9-14(16)12-7-5-4-6-11(12)13/h4-9,15,17H,3,10H2,1-2H3. The molecule has 18 heavy (non-hydrogen) atoms. The Morgan fingerprint density at radius 3 is 2.56 bits per heavy atom. The van der Waals surface area contributed by atoms with Gasteiger partial charge in [0.05, 0.1) is 12.6 Å². The Morgan fingerprint density at radius 1 is 1.17 bits per heavy atom. The summed E-state index contributed by atoms with van der Waals surface area (Å²) < 4.78 is 19.2. The molecular formula is C15H18FNO. The molecule has 0 radical (unpaired) electrons. The van der Waals surface area contributed by atoms with Gasteiger partial charge in [0.15, 0.2) is 0 Å². The van der Waals surface area contributed by atoms with E-state index >= 15 is 0 Å². The van der Waals surface area contributed by atoms with Crippen LogP contribution in [0.5, 0.6) is 0 Å². The summed E-state index contributed by atoms with van der Waals surface area (Å²) in [6, 6.07) is 11.0. The third-order valence-electron chi connectivity index (χ3n) is 3.12. The molecule has 0 aliphatic heterocycles. The minimum absolute atomic E-state index is 0.0791. The SMILES string of the molecule is CCOCC(NC)c1ccc(F)c2ccccc12. The van der Waals surface area contributed by atoms with Crippen molar-refractivity contribution in [3.05, 3.63) is 47.8 Å². The fraction of sp³-hybridized carbons (Fsp3) is 0.333. The molecule has 2 aromatic carbocycles. The third-order valence-corrected chi connectivity index (χ3v) is 3.12. The molecule has 2 nitrogen and oxygen atoms in total. The van der Waals surface area contributed by atoms with Gasteiger partial charge in [-0.15, -0.1) is 0 Å². The van der Waals surface area contributed by atoms with Gasteiger partial charge < -0.3 is 10.1 Å². The molecule has 1 unspecified atom stereocenters. The summed E-state index contributed by atoms with van der Waals surface area (Å²) in [4.78, 5) is 0. The van der Waals surface area contributed by atoms with Gasteiger partial charge in [0.25, 0.3) is 0 Å². The largest absolute Gasteiger partial charge is 0.380 e. The van der Waals surface area contributed by atoms with Crippen LogP contribution in [0.3, 0.4) is 0 Å². The van der Waals surface area contributed by atoms with Crippen LogP contribution >= 0.6 is 0 Å². The summed E-state index contributed by atoms with van der Waals surface area (Å²) in [6.45, 7) is 3.23. The number of ether oxygens (including phenoxy) is 1. The zero-order valence-electron chi connectivity index (χ0n) is 10.7. The molecule has 0 fully saturated rings. The van der Waals surface area contributed by atoms with Crippen LogP contribution in [0.2, 0.25) is 0 Å². The van der Waals surface area contributed by atoms with Crippen LogP contribution in [0, 0.1) is 5.82 Å². The molecule has 3 heteroatoms. The first-order valence-electron chi connectivity index (χ1n) is 6.20. The molecule has 0 spiro atoms. The van der Waals surface area contributed by atoms with Gasteiger partial charge in [-0.1, -0.05) is 30.3 Å². The van der Waals surface area contributed by atoms with Crippen LogP contribution in [0.1, 0.15) is 18.5 Å². The molecule has 0 amide bonds. The van der Waals surface area contributed by atoms with E-state index in [1.807, 2.05) is 44.3 Å². The lowest BCUT2D eigenvalue weighted by Gasteiger charge is -2.18. The molecule has 0 aromatic heterocycles. The molecule has 2 rings (SSSR count). The molecule has 0 heterocycles. The van der Waals surface area contributed by atoms with Gasteiger partial charge in [-0.2, -0.15) is 0 Å². The fourth-order valence-corrected chi connectivity index (χ4v) is 2.15. The third kappa shape index (κ3) is 2.52. The zero-order valence-corrected chi connectivity index (χ0v) is 10.7. The predicted molar refractivity (Wildman–Crippen MR) is 72.2 cm³/mol. The maximum Gasteiger partial charge on any atom is 0.131 e. The lowest BCUT2D eigenvalue weighted by Crippen LogP contribution is -2.22. The van der Waals surface area contributed by atoms with Gasteiger partial charge in [0.2, 0.25) is 0 Å². The number of likely N-dealkylation sites (N-methyl/N-ethyl adjacent to an activating group) is 1. The summed E-state index contributed by atoms with van der Waals surface area (Å²) in [5, 5.41) is 4.82. The number of fused-ring (bicyclic) bond motifs is 1. The van der Waals surface area contributed by atoms with Crippen LogP contribution in [0.25, 0.3) is 10.8 Å². The fourth-order valence-electron chi connectivity index (χ4n) is 2.15. The van der Waals surface area contributed by atoms with Gasteiger partial charge in [-0.3, -0.25) is 0 Å². The lowest BCUT2D eigenvalue weighted by molar-refractivity contribution is 0.125. The van der Waals surface area contributed by atoms with E-state index in [0.717, 1.165) is 10.9 Å². The Bertz CT molecular complexity index is 527. The van der Waals surface area contributed by atoms with Crippen molar-refractivity contribution in [2.24, 2.45) is 0 Å². The first-order chi connectivity index (χ1) is 8.77. The highest BCUT2D eigenvalue weighted by atomic mass is 19.1. The summed E-state index contributed by atoms with van der Waals surface area (Å²) in [6.07, 6.45) is 0. The molecule has 0 aliphatic carbocycles. The van der Waals surface area contributed by atoms with Crippen molar-refractivity contribution in [3.63, 3.8) is 0 Å². The quantitative estimate of drug-likeness (QED) is 0.875. The molecular weight excluding hydrogens is 229 g/mol. The molecule has 1 atom stereocenters. The van der Waals surface area contributed by atoms with Crippen LogP contribution in [0.4, 0.5) is 4.39 Å². The maximum absolute atomic E-state index is 13.7. The normalized spacial score (nSPS) is 12.8. The number of hydrogen-bond donors (Lipinski definition) is 1. The maximum atomic E-state index is 13.7. The van der Waals surface area contributed by atoms with Gasteiger partial charge in [0, 0.05) is 12.0 Å². The van der Waals surface area contributed by atoms with Crippen LogP contribution in [0.15, 0.2) is 36.4 Å². The number of rotatable bonds is 5. The Hall–Kier alpha value is -1.45. The minimum atomic E-state index is -0.180. The van der Waals surface area contributed by atoms with E-state index in [-0.39, 0.29) is 11.9 Å². The number of nitrogens with one attached hydrogen (secondary N) is 1. The van der Waals surface area contributed by atoms with E-state index in [1.54, 1.807) is 0 Å². The average molecular weight is 247 g/mol. The summed E-state index contributed by atoms with van der Waals surface area (Å²) >= 11 is 0. The van der Waals surface area contributed by atoms with Gasteiger partial charge in [-0.05, 0) is 31.0 Å². The minimum Gasteiger partial charge on any atom is -0.380 e. The highest BCUT2D eigenvalue weighted by molar-refractivity contribution is 5.86. The van der Waals surface area contributed by atoms with E-state index in [2.05, 4.69) is 5.32 Å². The number of hydrogen-bond acceptors (Lipinski definition) is 2. The topological polar surface area (TPSA) is 21.3 Å². The van der Waals surface area contributed by atoms with Gasteiger partial charge in [-0.25, -0.2) is 4.39 Å². The van der Waals surface area contributed by atoms with Crippen molar-refractivity contribution in [1.82, 2.24) is 5.32 Å². The summed E-state index contributed by atoms with van der Waals surface area (Å²) in [7, 11) is 1.89. The van der Waals surface area contributed by atoms with Crippen molar-refractivity contribution >= 4 is 10.8 Å². The second-order valence-corrected chi connectivity index (χ2v) is 4.18. The van der Waals surface area contributed by atoms with Crippen molar-refractivity contribution in [3.8, 4) is 0 Å². The average Bonchev–Trinajstić information content (AvgIpc) is 2.42. The molecule has 0 bridgehead atoms. The van der Waals surface area contributed by atoms with E-state index in [9.17, 15) is 4.39 Å². The smallest absolute Gasteiger partial charge is 0.131 e. The van der Waals surface area contributed by atoms with Gasteiger partial charge >= 0.3 is 0 Å². The molecule has 0 aliphatic rings. The van der Waals surface area contributed by atoms with E-state index in [0.29, 0.717) is 18.6 Å². The van der Waals surface area contributed by atoms with E-state index < -0.39 is 0 Å². The van der Waals surface area contributed by atoms with E-state index in [1.165, 1.54) is 6.07 Å². The van der Waals surface area contributed by atoms with Crippen molar-refractivity contribution in [2.45, 2.75) is 13.0 Å². The van der Waals surface area contributed by atoms with Crippen molar-refractivity contribution in [2.75, 3.05) is 20.3 Å². The van der Waals surface area contributed by atoms with Crippen molar-refractivity contribution < 1.29 is 9.13 Å². The highest BCUT2D eigenvalue weighted by Gasteiger charge is 2.14. The first-order valence-corrected chi connectivity index (χ1v) is 6.20. The first kappa shape index (κ1) is 13.0. The molecule has 96 valence electrons. The van der Waals surface area contributed by atoms with E-state index in [4.69, 9.17) is 4.74 Å². The predicted octanol–water partition coefficient (Wildman–Crippen LogP) is 3.28. The summed E-state index contributed by atoms with van der Waals surface area (Å²) in [5.41, 5.74) is 1.07. The Balaban J connectivity index is 2.46. The molecule has 0 saturated carbocycles. The monoisotopic (exact) mass is 247 g/mol. The summed E-state index contributed by atoms with van der Waals surface area (Å²) in [5.74, 6) is -0.180. The number of benzene rings is 2. The lowest BCUT2D eigenvalue weighted by atomic mass is 9.99. The van der Waals surface area contributed by atoms with Crippen LogP contribution < -0.4 is 5.32 Å². The zero-order chi connectivity index (χ0) is 13.0. The van der Waals surface area contributed by atoms with Crippen LogP contribution in [-0.2, 0) is 4.74 Å². The molecule has 0 saturated heterocycles. The Kier molecular flexibility index (Phi) is 4.28. The van der Waals surface area contributed by atoms with Crippen LogP contribution in [-0.4, -0.2) is 20.3 Å². The van der Waals surface area contributed by atoms with Crippen molar-refractivity contribution in [1.29, 1.82) is 0 Å². The second kappa shape index (κ2) is 5.94. The molecule has 2 aromatic rings. The van der Waals surface area contributed by atoms with Gasteiger partial charge in [0.1, 0.15) is 5.82 Å². The highest BCUT2D eigenvalue weighted by Crippen LogP contribution is 2.26. The Morgan fingerprint density at radius 2 is 1.89 bits per heavy atom. The Labute approximate surface area is 107 Å². The number of halogens is 1. The second-order valence-electron chi connectivity index (χ2n) is 4.18.